The highest BCUT2D eigenvalue weighted by Gasteiger charge is 2.64. The molecular weight excluding hydrogens is 454 g/mol. The molecule has 0 aromatic heterocycles. The molecule has 188 valence electrons. The van der Waals surface area contributed by atoms with Crippen LogP contribution in [-0.2, 0) is 23.2 Å². The lowest BCUT2D eigenvalue weighted by Crippen LogP contribution is -2.67. The number of aliphatic carboxylic acids is 1. The van der Waals surface area contributed by atoms with Gasteiger partial charge >= 0.3 is 5.97 Å². The zero-order valence-electron chi connectivity index (χ0n) is 22.2. The standard InChI is InChI=1S/C24H43NO6Si2/c1-14(30-32(8,9)23(2,3)4)16-18-20-17(19(22(27)28)25(18)21(16)26)15(12-13-29-20)31-33(10,11)24(5,6)7/h14-16,18,20H,12-13H2,1-11H3,(H,27,28)/t14-,15+,16-,18+,20+/m1/s1. The first-order valence-corrected chi connectivity index (χ1v) is 17.9. The van der Waals surface area contributed by atoms with Gasteiger partial charge in [0.1, 0.15) is 11.8 Å². The molecule has 0 saturated carbocycles. The molecule has 0 aromatic rings. The second-order valence-electron chi connectivity index (χ2n) is 12.9. The van der Waals surface area contributed by atoms with Gasteiger partial charge < -0.3 is 18.7 Å². The van der Waals surface area contributed by atoms with E-state index >= 15 is 0 Å². The van der Waals surface area contributed by atoms with E-state index in [-0.39, 0.29) is 39.9 Å². The molecule has 7 nitrogen and oxygen atoms in total. The molecule has 0 unspecified atom stereocenters. The van der Waals surface area contributed by atoms with E-state index in [0.29, 0.717) is 18.6 Å². The molecule has 3 heterocycles. The topological polar surface area (TPSA) is 85.3 Å². The number of fused-ring (bicyclic) bond motifs is 3. The van der Waals surface area contributed by atoms with Crippen LogP contribution in [0.25, 0.3) is 0 Å². The van der Waals surface area contributed by atoms with E-state index < -0.39 is 34.6 Å². The monoisotopic (exact) mass is 497 g/mol. The van der Waals surface area contributed by atoms with Crippen molar-refractivity contribution in [3.8, 4) is 0 Å². The van der Waals surface area contributed by atoms with E-state index in [4.69, 9.17) is 13.6 Å². The Morgan fingerprint density at radius 1 is 1.09 bits per heavy atom. The minimum atomic E-state index is -2.15. The number of hydrogen-bond acceptors (Lipinski definition) is 5. The Morgan fingerprint density at radius 2 is 1.64 bits per heavy atom. The highest BCUT2D eigenvalue weighted by Crippen LogP contribution is 2.51. The van der Waals surface area contributed by atoms with Crippen molar-refractivity contribution >= 4 is 28.5 Å². The van der Waals surface area contributed by atoms with E-state index in [2.05, 4.69) is 67.7 Å². The Kier molecular flexibility index (Phi) is 6.68. The summed E-state index contributed by atoms with van der Waals surface area (Å²) in [6, 6.07) is -0.343. The molecule has 0 aromatic carbocycles. The summed E-state index contributed by atoms with van der Waals surface area (Å²) in [5.74, 6) is -1.68. The molecule has 33 heavy (non-hydrogen) atoms. The maximum absolute atomic E-state index is 13.3. The van der Waals surface area contributed by atoms with Crippen molar-refractivity contribution in [1.29, 1.82) is 0 Å². The van der Waals surface area contributed by atoms with Crippen molar-refractivity contribution in [3.63, 3.8) is 0 Å². The maximum Gasteiger partial charge on any atom is 0.352 e. The fraction of sp³-hybridized carbons (Fsp3) is 0.833. The van der Waals surface area contributed by atoms with E-state index in [1.807, 2.05) is 6.92 Å². The van der Waals surface area contributed by atoms with Gasteiger partial charge in [-0.3, -0.25) is 9.69 Å². The lowest BCUT2D eigenvalue weighted by molar-refractivity contribution is -0.168. The molecule has 0 spiro atoms. The van der Waals surface area contributed by atoms with Gasteiger partial charge in [-0.2, -0.15) is 0 Å². The van der Waals surface area contributed by atoms with Crippen LogP contribution >= 0.6 is 0 Å². The lowest BCUT2D eigenvalue weighted by atomic mass is 9.80. The zero-order valence-corrected chi connectivity index (χ0v) is 24.2. The fourth-order valence-corrected chi connectivity index (χ4v) is 7.37. The Labute approximate surface area is 201 Å². The van der Waals surface area contributed by atoms with Crippen molar-refractivity contribution in [2.24, 2.45) is 5.92 Å². The van der Waals surface area contributed by atoms with Gasteiger partial charge in [0.15, 0.2) is 16.6 Å². The summed E-state index contributed by atoms with van der Waals surface area (Å²) in [7, 11) is -4.25. The van der Waals surface area contributed by atoms with Crippen molar-refractivity contribution < 1.29 is 28.3 Å². The molecule has 3 aliphatic rings. The smallest absolute Gasteiger partial charge is 0.352 e. The summed E-state index contributed by atoms with van der Waals surface area (Å²) in [4.78, 5) is 27.1. The van der Waals surface area contributed by atoms with Crippen LogP contribution in [0.4, 0.5) is 0 Å². The zero-order chi connectivity index (χ0) is 25.3. The number of ether oxygens (including phenoxy) is 1. The van der Waals surface area contributed by atoms with Crippen LogP contribution in [-0.4, -0.2) is 69.5 Å². The van der Waals surface area contributed by atoms with Gasteiger partial charge in [0.05, 0.1) is 30.8 Å². The predicted molar refractivity (Wildman–Crippen MR) is 133 cm³/mol. The van der Waals surface area contributed by atoms with Gasteiger partial charge in [-0.15, -0.1) is 0 Å². The second-order valence-corrected chi connectivity index (χ2v) is 22.4. The molecule has 3 rings (SSSR count). The first-order chi connectivity index (χ1) is 14.8. The quantitative estimate of drug-likeness (QED) is 0.421. The van der Waals surface area contributed by atoms with Gasteiger partial charge in [0.25, 0.3) is 0 Å². The third-order valence-corrected chi connectivity index (χ3v) is 17.6. The number of carbonyl (C=O) groups excluding carboxylic acids is 1. The molecule has 1 N–H and O–H groups in total. The highest BCUT2D eigenvalue weighted by molar-refractivity contribution is 6.74. The molecular formula is C24H43NO6Si2. The summed E-state index contributed by atoms with van der Waals surface area (Å²) in [6.45, 7) is 24.2. The van der Waals surface area contributed by atoms with Crippen LogP contribution in [0.3, 0.4) is 0 Å². The van der Waals surface area contributed by atoms with Crippen LogP contribution in [0.15, 0.2) is 11.3 Å². The van der Waals surface area contributed by atoms with Crippen molar-refractivity contribution in [3.05, 3.63) is 11.3 Å². The van der Waals surface area contributed by atoms with Crippen molar-refractivity contribution in [1.82, 2.24) is 4.90 Å². The maximum atomic E-state index is 13.3. The number of carboxylic acid groups (broad SMARTS) is 1. The van der Waals surface area contributed by atoms with Gasteiger partial charge in [-0.05, 0) is 49.6 Å². The molecule has 2 fully saturated rings. The number of hydrogen-bond donors (Lipinski definition) is 1. The molecule has 1 amide bonds. The number of nitrogens with zero attached hydrogens (tertiary/aromatic N) is 1. The molecule has 0 aliphatic carbocycles. The normalized spacial score (nSPS) is 29.5. The highest BCUT2D eigenvalue weighted by atomic mass is 28.4. The molecule has 9 heteroatoms. The van der Waals surface area contributed by atoms with E-state index in [1.54, 1.807) is 0 Å². The van der Waals surface area contributed by atoms with Crippen LogP contribution in [0.1, 0.15) is 54.9 Å². The SMILES string of the molecule is C[C@@H](O[Si](C)(C)C(C)(C)C)[C@H]1C(=O)N2C(C(=O)O)=C3[C@@H](O[Si](C)(C)C(C)(C)C)CCO[C@@H]3[C@H]12. The summed E-state index contributed by atoms with van der Waals surface area (Å²) in [5, 5.41) is 10.1. The fourth-order valence-electron chi connectivity index (χ4n) is 4.63. The Morgan fingerprint density at radius 3 is 2.12 bits per heavy atom. The average molecular weight is 498 g/mol. The minimum Gasteiger partial charge on any atom is -0.477 e. The third kappa shape index (κ3) is 4.40. The Hall–Kier alpha value is -1.01. The van der Waals surface area contributed by atoms with Crippen LogP contribution < -0.4 is 0 Å². The first-order valence-electron chi connectivity index (χ1n) is 12.1. The lowest BCUT2D eigenvalue weighted by Gasteiger charge is -2.50. The molecule has 2 saturated heterocycles. The first kappa shape index (κ1) is 26.6. The summed E-state index contributed by atoms with van der Waals surface area (Å²) in [5.41, 5.74) is 0.702. The molecule has 0 radical (unpaired) electrons. The number of amides is 1. The van der Waals surface area contributed by atoms with Gasteiger partial charge in [0.2, 0.25) is 5.91 Å². The predicted octanol–water partition coefficient (Wildman–Crippen LogP) is 4.76. The Bertz CT molecular complexity index is 854. The second kappa shape index (κ2) is 8.29. The summed E-state index contributed by atoms with van der Waals surface area (Å²) >= 11 is 0. The van der Waals surface area contributed by atoms with E-state index in [1.165, 1.54) is 4.90 Å². The Balaban J connectivity index is 1.92. The van der Waals surface area contributed by atoms with Crippen molar-refractivity contribution in [2.75, 3.05) is 6.61 Å². The largest absolute Gasteiger partial charge is 0.477 e. The van der Waals surface area contributed by atoms with E-state index in [9.17, 15) is 14.7 Å². The number of carboxylic acids is 1. The van der Waals surface area contributed by atoms with E-state index in [0.717, 1.165) is 0 Å². The molecule has 3 aliphatic heterocycles. The number of β-lactam (4-membered cyclic amide) rings is 1. The molecule has 0 bridgehead atoms. The average Bonchev–Trinajstić information content (AvgIpc) is 2.91. The summed E-state index contributed by atoms with van der Waals surface area (Å²) in [6.07, 6.45) is -0.497. The molecule has 5 atom stereocenters. The minimum absolute atomic E-state index is 0.00745. The van der Waals surface area contributed by atoms with Gasteiger partial charge in [-0.1, -0.05) is 41.5 Å². The van der Waals surface area contributed by atoms with Gasteiger partial charge in [-0.25, -0.2) is 4.79 Å². The third-order valence-electron chi connectivity index (χ3n) is 8.58. The van der Waals surface area contributed by atoms with Crippen LogP contribution in [0.2, 0.25) is 36.3 Å². The summed E-state index contributed by atoms with van der Waals surface area (Å²) < 4.78 is 19.4. The van der Waals surface area contributed by atoms with Crippen LogP contribution in [0.5, 0.6) is 0 Å². The van der Waals surface area contributed by atoms with Crippen molar-refractivity contribution in [2.45, 2.75) is 116 Å². The number of carbonyl (C=O) groups is 2. The van der Waals surface area contributed by atoms with Crippen LogP contribution in [0, 0.1) is 5.92 Å². The van der Waals surface area contributed by atoms with Gasteiger partial charge in [0, 0.05) is 5.57 Å². The number of rotatable bonds is 6.